The van der Waals surface area contributed by atoms with Crippen LogP contribution < -0.4 is 10.1 Å². The zero-order valence-electron chi connectivity index (χ0n) is 16.1. The van der Waals surface area contributed by atoms with Gasteiger partial charge in [0.15, 0.2) is 0 Å². The quantitative estimate of drug-likeness (QED) is 0.483. The fourth-order valence-corrected chi connectivity index (χ4v) is 4.89. The van der Waals surface area contributed by atoms with Crippen LogP contribution in [0, 0.1) is 18.3 Å². The molecule has 2 atom stereocenters. The van der Waals surface area contributed by atoms with Crippen LogP contribution in [0.4, 0.5) is 4.79 Å². The van der Waals surface area contributed by atoms with E-state index < -0.39 is 24.1 Å². The number of hydrogen-bond donors (Lipinski definition) is 1. The van der Waals surface area contributed by atoms with Crippen molar-refractivity contribution in [2.75, 3.05) is 6.54 Å². The van der Waals surface area contributed by atoms with Crippen LogP contribution in [0.1, 0.15) is 45.6 Å². The molecule has 1 saturated carbocycles. The van der Waals surface area contributed by atoms with E-state index in [1.807, 2.05) is 0 Å². The molecule has 6 nitrogen and oxygen atoms in total. The first kappa shape index (κ1) is 19.7. The molecule has 1 spiro atoms. The summed E-state index contributed by atoms with van der Waals surface area (Å²) in [6, 6.07) is 4.35. The second-order valence-electron chi connectivity index (χ2n) is 8.64. The van der Waals surface area contributed by atoms with Gasteiger partial charge in [0.05, 0.1) is 0 Å². The van der Waals surface area contributed by atoms with Crippen molar-refractivity contribution in [1.29, 1.82) is 0 Å². The van der Waals surface area contributed by atoms with Gasteiger partial charge in [-0.25, -0.2) is 9.59 Å². The SMILES string of the molecule is Cc1cc(Cl)ccc1OC(=O)CN1C(=O)NC2(CC(C)CC(C)(C)C2)C1=O. The molecule has 1 aromatic rings. The number of esters is 1. The minimum Gasteiger partial charge on any atom is -0.425 e. The average Bonchev–Trinajstić information content (AvgIpc) is 2.72. The van der Waals surface area contributed by atoms with Gasteiger partial charge in [-0.2, -0.15) is 0 Å². The highest BCUT2D eigenvalue weighted by Gasteiger charge is 2.56. The fraction of sp³-hybridized carbons (Fsp3) is 0.550. The van der Waals surface area contributed by atoms with Gasteiger partial charge in [0.2, 0.25) is 0 Å². The lowest BCUT2D eigenvalue weighted by molar-refractivity contribution is -0.142. The summed E-state index contributed by atoms with van der Waals surface area (Å²) in [6.07, 6.45) is 2.15. The molecule has 3 amide bonds. The third-order valence-electron chi connectivity index (χ3n) is 5.27. The van der Waals surface area contributed by atoms with E-state index in [0.717, 1.165) is 11.3 Å². The molecule has 0 aromatic heterocycles. The van der Waals surface area contributed by atoms with Crippen LogP contribution in [0.25, 0.3) is 0 Å². The molecule has 1 aliphatic carbocycles. The van der Waals surface area contributed by atoms with E-state index in [2.05, 4.69) is 26.1 Å². The standard InChI is InChI=1S/C20H25ClN2O4/c1-12-8-19(3,4)11-20(9-12)17(25)23(18(26)22-20)10-16(24)27-15-6-5-14(21)7-13(15)2/h5-7,12H,8-11H2,1-4H3,(H,22,26). The first-order chi connectivity index (χ1) is 12.5. The van der Waals surface area contributed by atoms with Gasteiger partial charge in [0.25, 0.3) is 5.91 Å². The predicted molar refractivity (Wildman–Crippen MR) is 102 cm³/mol. The number of nitrogens with zero attached hydrogens (tertiary/aromatic N) is 1. The Balaban J connectivity index is 1.73. The van der Waals surface area contributed by atoms with Crippen LogP contribution in [0.3, 0.4) is 0 Å². The van der Waals surface area contributed by atoms with Crippen molar-refractivity contribution in [3.05, 3.63) is 28.8 Å². The highest BCUT2D eigenvalue weighted by molar-refractivity contribution is 6.30. The van der Waals surface area contributed by atoms with Gasteiger partial charge in [0, 0.05) is 5.02 Å². The summed E-state index contributed by atoms with van der Waals surface area (Å²) >= 11 is 5.90. The number of nitrogens with one attached hydrogen (secondary N) is 1. The first-order valence-corrected chi connectivity index (χ1v) is 9.50. The summed E-state index contributed by atoms with van der Waals surface area (Å²) in [7, 11) is 0. The summed E-state index contributed by atoms with van der Waals surface area (Å²) in [5.74, 6) is -0.332. The summed E-state index contributed by atoms with van der Waals surface area (Å²) in [6.45, 7) is 7.64. The summed E-state index contributed by atoms with van der Waals surface area (Å²) < 4.78 is 5.33. The lowest BCUT2D eigenvalue weighted by atomic mass is 9.64. The van der Waals surface area contributed by atoms with E-state index in [-0.39, 0.29) is 11.3 Å². The third-order valence-corrected chi connectivity index (χ3v) is 5.51. The second-order valence-corrected chi connectivity index (χ2v) is 9.08. The van der Waals surface area contributed by atoms with Crippen LogP contribution in [-0.2, 0) is 9.59 Å². The van der Waals surface area contributed by atoms with Gasteiger partial charge in [0.1, 0.15) is 17.8 Å². The minimum atomic E-state index is -0.922. The Morgan fingerprint density at radius 1 is 1.33 bits per heavy atom. The average molecular weight is 393 g/mol. The highest BCUT2D eigenvalue weighted by atomic mass is 35.5. The van der Waals surface area contributed by atoms with Crippen LogP contribution in [0.5, 0.6) is 5.75 Å². The Morgan fingerprint density at radius 3 is 2.67 bits per heavy atom. The molecule has 3 rings (SSSR count). The molecule has 1 aliphatic heterocycles. The number of carbonyl (C=O) groups is 3. The van der Waals surface area contributed by atoms with Gasteiger partial charge in [-0.15, -0.1) is 0 Å². The van der Waals surface area contributed by atoms with Crippen molar-refractivity contribution in [1.82, 2.24) is 10.2 Å². The number of benzene rings is 1. The van der Waals surface area contributed by atoms with Gasteiger partial charge in [-0.3, -0.25) is 9.69 Å². The van der Waals surface area contributed by atoms with Gasteiger partial charge in [-0.1, -0.05) is 32.4 Å². The fourth-order valence-electron chi connectivity index (χ4n) is 4.66. The monoisotopic (exact) mass is 392 g/mol. The minimum absolute atomic E-state index is 0.0580. The Labute approximate surface area is 164 Å². The number of aryl methyl sites for hydroxylation is 1. The van der Waals surface area contributed by atoms with Crippen LogP contribution in [0.2, 0.25) is 5.02 Å². The van der Waals surface area contributed by atoms with Gasteiger partial charge < -0.3 is 10.1 Å². The highest BCUT2D eigenvalue weighted by Crippen LogP contribution is 2.46. The molecule has 0 bridgehead atoms. The molecule has 1 heterocycles. The van der Waals surface area contributed by atoms with Crippen molar-refractivity contribution >= 4 is 29.5 Å². The van der Waals surface area contributed by atoms with Crippen LogP contribution >= 0.6 is 11.6 Å². The van der Waals surface area contributed by atoms with Crippen molar-refractivity contribution < 1.29 is 19.1 Å². The Bertz CT molecular complexity index is 807. The lowest BCUT2D eigenvalue weighted by Gasteiger charge is -2.43. The Morgan fingerprint density at radius 2 is 2.04 bits per heavy atom. The van der Waals surface area contributed by atoms with Crippen molar-refractivity contribution in [2.45, 2.75) is 52.5 Å². The maximum absolute atomic E-state index is 13.0. The normalized spacial score (nSPS) is 27.0. The first-order valence-electron chi connectivity index (χ1n) is 9.12. The number of urea groups is 1. The van der Waals surface area contributed by atoms with Gasteiger partial charge in [-0.05, 0) is 61.3 Å². The topological polar surface area (TPSA) is 75.7 Å². The smallest absolute Gasteiger partial charge is 0.331 e. The molecule has 2 aliphatic rings. The maximum Gasteiger partial charge on any atom is 0.331 e. The van der Waals surface area contributed by atoms with E-state index in [9.17, 15) is 14.4 Å². The zero-order valence-corrected chi connectivity index (χ0v) is 16.9. The van der Waals surface area contributed by atoms with E-state index in [1.54, 1.807) is 25.1 Å². The number of ether oxygens (including phenoxy) is 1. The molecule has 7 heteroatoms. The molecule has 2 fully saturated rings. The molecular weight excluding hydrogens is 368 g/mol. The van der Waals surface area contributed by atoms with E-state index >= 15 is 0 Å². The Kier molecular flexibility index (Phi) is 4.97. The van der Waals surface area contributed by atoms with E-state index in [4.69, 9.17) is 16.3 Å². The van der Waals surface area contributed by atoms with Crippen molar-refractivity contribution in [2.24, 2.45) is 11.3 Å². The van der Waals surface area contributed by atoms with Crippen LogP contribution in [-0.4, -0.2) is 34.9 Å². The molecule has 1 saturated heterocycles. The summed E-state index contributed by atoms with van der Waals surface area (Å²) in [5.41, 5.74) is -0.279. The molecule has 1 aromatic carbocycles. The number of halogens is 1. The zero-order chi connectivity index (χ0) is 20.0. The third kappa shape index (κ3) is 3.95. The molecule has 2 unspecified atom stereocenters. The maximum atomic E-state index is 13.0. The molecule has 1 N–H and O–H groups in total. The van der Waals surface area contributed by atoms with Crippen molar-refractivity contribution in [3.63, 3.8) is 0 Å². The molecule has 27 heavy (non-hydrogen) atoms. The predicted octanol–water partition coefficient (Wildman–Crippen LogP) is 3.69. The number of imide groups is 1. The number of amides is 3. The van der Waals surface area contributed by atoms with E-state index in [0.29, 0.717) is 35.1 Å². The second kappa shape index (κ2) is 6.82. The van der Waals surface area contributed by atoms with Gasteiger partial charge >= 0.3 is 12.0 Å². The molecular formula is C20H25ClN2O4. The summed E-state index contributed by atoms with van der Waals surface area (Å²) in [5, 5.41) is 3.39. The van der Waals surface area contributed by atoms with E-state index in [1.165, 1.54) is 0 Å². The van der Waals surface area contributed by atoms with Crippen molar-refractivity contribution in [3.8, 4) is 5.75 Å². The molecule has 0 radical (unpaired) electrons. The number of carbonyl (C=O) groups excluding carboxylic acids is 3. The number of rotatable bonds is 3. The Hall–Kier alpha value is -2.08. The number of hydrogen-bond acceptors (Lipinski definition) is 4. The molecule has 146 valence electrons. The van der Waals surface area contributed by atoms with Crippen LogP contribution in [0.15, 0.2) is 18.2 Å². The summed E-state index contributed by atoms with van der Waals surface area (Å²) in [4.78, 5) is 38.8. The lowest BCUT2D eigenvalue weighted by Crippen LogP contribution is -2.54. The largest absolute Gasteiger partial charge is 0.425 e.